The summed E-state index contributed by atoms with van der Waals surface area (Å²) in [4.78, 5) is -0.227. The van der Waals surface area contributed by atoms with Crippen LogP contribution in [0, 0.1) is 6.92 Å². The maximum atomic E-state index is 11.6. The number of epoxide rings is 1. The molecule has 0 aliphatic carbocycles. The molecule has 2 aromatic rings. The predicted octanol–water partition coefficient (Wildman–Crippen LogP) is 2.63. The zero-order valence-corrected chi connectivity index (χ0v) is 12.7. The van der Waals surface area contributed by atoms with Crippen LogP contribution in [0.15, 0.2) is 47.4 Å². The molecule has 0 radical (unpaired) electrons. The van der Waals surface area contributed by atoms with E-state index in [-0.39, 0.29) is 34.8 Å². The van der Waals surface area contributed by atoms with Crippen LogP contribution in [0.2, 0.25) is 0 Å². The average molecular weight is 320 g/mol. The summed E-state index contributed by atoms with van der Waals surface area (Å²) in [6.07, 6.45) is -0.103. The van der Waals surface area contributed by atoms with Crippen LogP contribution in [-0.4, -0.2) is 24.2 Å². The molecule has 0 aromatic heterocycles. The molecule has 116 valence electrons. The van der Waals surface area contributed by atoms with Gasteiger partial charge in [-0.2, -0.15) is 8.42 Å². The summed E-state index contributed by atoms with van der Waals surface area (Å²) < 4.78 is 38.2. The van der Waals surface area contributed by atoms with E-state index in [1.165, 1.54) is 12.1 Å². The first-order valence-electron chi connectivity index (χ1n) is 6.87. The molecule has 6 heteroatoms. The van der Waals surface area contributed by atoms with Gasteiger partial charge in [-0.1, -0.05) is 36.4 Å². The lowest BCUT2D eigenvalue weighted by Crippen LogP contribution is -2.08. The van der Waals surface area contributed by atoms with E-state index in [0.717, 1.165) is 5.56 Å². The highest BCUT2D eigenvalue weighted by Gasteiger charge is 2.41. The molecule has 1 saturated heterocycles. The van der Waals surface area contributed by atoms with E-state index in [1.807, 2.05) is 30.3 Å². The highest BCUT2D eigenvalue weighted by atomic mass is 32.2. The van der Waals surface area contributed by atoms with Gasteiger partial charge in [-0.15, -0.1) is 0 Å². The molecular weight excluding hydrogens is 304 g/mol. The van der Waals surface area contributed by atoms with Crippen LogP contribution >= 0.6 is 0 Å². The van der Waals surface area contributed by atoms with Crippen molar-refractivity contribution in [3.8, 4) is 5.75 Å². The first-order chi connectivity index (χ1) is 10.4. The van der Waals surface area contributed by atoms with Crippen molar-refractivity contribution in [2.45, 2.75) is 30.4 Å². The van der Waals surface area contributed by atoms with Crippen molar-refractivity contribution in [1.29, 1.82) is 0 Å². The Morgan fingerprint density at radius 3 is 2.45 bits per heavy atom. The summed E-state index contributed by atoms with van der Waals surface area (Å²) in [6.45, 7) is 1.58. The normalized spacial score (nSPS) is 20.8. The van der Waals surface area contributed by atoms with Gasteiger partial charge in [0.2, 0.25) is 0 Å². The highest BCUT2D eigenvalue weighted by molar-refractivity contribution is 7.86. The van der Waals surface area contributed by atoms with Crippen molar-refractivity contribution >= 4 is 10.1 Å². The summed E-state index contributed by atoms with van der Waals surface area (Å²) in [5.41, 5.74) is 1.60. The van der Waals surface area contributed by atoms with Crippen LogP contribution in [0.3, 0.4) is 0 Å². The third kappa shape index (κ3) is 2.85. The van der Waals surface area contributed by atoms with E-state index in [0.29, 0.717) is 5.56 Å². The summed E-state index contributed by atoms with van der Waals surface area (Å²) in [7, 11) is -4.40. The zero-order chi connectivity index (χ0) is 15.9. The van der Waals surface area contributed by atoms with Crippen LogP contribution < -0.4 is 0 Å². The lowest BCUT2D eigenvalue weighted by molar-refractivity contribution is 0.369. The fraction of sp³-hybridized carbons (Fsp3) is 0.250. The van der Waals surface area contributed by atoms with E-state index >= 15 is 0 Å². The number of phenolic OH excluding ortho intramolecular Hbond substituents is 1. The summed E-state index contributed by atoms with van der Waals surface area (Å²) in [5, 5.41) is 9.98. The highest BCUT2D eigenvalue weighted by Crippen LogP contribution is 2.43. The van der Waals surface area contributed by atoms with E-state index in [2.05, 4.69) is 0 Å². The van der Waals surface area contributed by atoms with E-state index in [9.17, 15) is 18.1 Å². The van der Waals surface area contributed by atoms with Gasteiger partial charge in [-0.05, 0) is 24.1 Å². The van der Waals surface area contributed by atoms with Gasteiger partial charge in [0.05, 0.1) is 6.10 Å². The molecule has 2 aromatic carbocycles. The van der Waals surface area contributed by atoms with Gasteiger partial charge in [0.15, 0.2) is 0 Å². The van der Waals surface area contributed by atoms with E-state index in [1.54, 1.807) is 6.92 Å². The van der Waals surface area contributed by atoms with Crippen LogP contribution in [0.5, 0.6) is 5.75 Å². The van der Waals surface area contributed by atoms with Crippen molar-refractivity contribution in [1.82, 2.24) is 0 Å². The fourth-order valence-corrected chi connectivity index (χ4v) is 3.70. The lowest BCUT2D eigenvalue weighted by Gasteiger charge is -2.11. The van der Waals surface area contributed by atoms with Gasteiger partial charge in [-0.3, -0.25) is 4.55 Å². The number of hydrogen-bond donors (Lipinski definition) is 2. The molecule has 1 aliphatic heterocycles. The fourth-order valence-electron chi connectivity index (χ4n) is 2.73. The van der Waals surface area contributed by atoms with E-state index < -0.39 is 10.1 Å². The maximum Gasteiger partial charge on any atom is 0.295 e. The molecule has 22 heavy (non-hydrogen) atoms. The van der Waals surface area contributed by atoms with Gasteiger partial charge < -0.3 is 9.84 Å². The summed E-state index contributed by atoms with van der Waals surface area (Å²) >= 11 is 0. The standard InChI is InChI=1S/C16H16O5S/c1-10-7-8-13(17)12(16(10)22(18,19)20)9-14-15(21-14)11-5-3-2-4-6-11/h2-8,14-15,17H,9H2,1H3,(H,18,19,20)/t14-,15-/m0/s1. The van der Waals surface area contributed by atoms with E-state index in [4.69, 9.17) is 4.74 Å². The van der Waals surface area contributed by atoms with Crippen molar-refractivity contribution in [3.63, 3.8) is 0 Å². The van der Waals surface area contributed by atoms with Gasteiger partial charge in [0, 0.05) is 12.0 Å². The number of rotatable bonds is 4. The minimum absolute atomic E-state index is 0.115. The SMILES string of the molecule is Cc1ccc(O)c(C[C@@H]2O[C@H]2c2ccccc2)c1S(=O)(=O)O. The topological polar surface area (TPSA) is 87.1 Å². The first kappa shape index (κ1) is 15.0. The summed E-state index contributed by atoms with van der Waals surface area (Å²) in [5.74, 6) is -0.152. The number of aryl methyl sites for hydroxylation is 1. The van der Waals surface area contributed by atoms with Gasteiger partial charge >= 0.3 is 0 Å². The first-order valence-corrected chi connectivity index (χ1v) is 8.31. The Morgan fingerprint density at radius 2 is 1.82 bits per heavy atom. The Labute approximate surface area is 128 Å². The molecular formula is C16H16O5S. The number of hydrogen-bond acceptors (Lipinski definition) is 4. The molecule has 2 N–H and O–H groups in total. The van der Waals surface area contributed by atoms with Crippen molar-refractivity contribution in [2.24, 2.45) is 0 Å². The number of benzene rings is 2. The van der Waals surface area contributed by atoms with Crippen LogP contribution in [0.25, 0.3) is 0 Å². The Bertz CT molecular complexity index is 799. The largest absolute Gasteiger partial charge is 0.508 e. The molecule has 5 nitrogen and oxygen atoms in total. The Morgan fingerprint density at radius 1 is 1.14 bits per heavy atom. The van der Waals surface area contributed by atoms with Crippen molar-refractivity contribution < 1.29 is 22.8 Å². The predicted molar refractivity (Wildman–Crippen MR) is 80.4 cm³/mol. The van der Waals surface area contributed by atoms with Crippen molar-refractivity contribution in [3.05, 3.63) is 59.2 Å². The molecule has 0 saturated carbocycles. The quantitative estimate of drug-likeness (QED) is 0.668. The molecule has 0 amide bonds. The Kier molecular flexibility index (Phi) is 3.68. The molecule has 0 spiro atoms. The molecule has 0 unspecified atom stereocenters. The Hall–Kier alpha value is -1.89. The number of ether oxygens (including phenoxy) is 1. The smallest absolute Gasteiger partial charge is 0.295 e. The molecule has 1 fully saturated rings. The maximum absolute atomic E-state index is 11.6. The second kappa shape index (κ2) is 5.39. The molecule has 0 bridgehead atoms. The monoisotopic (exact) mass is 320 g/mol. The van der Waals surface area contributed by atoms with Crippen LogP contribution in [0.4, 0.5) is 0 Å². The second-order valence-corrected chi connectivity index (χ2v) is 6.75. The second-order valence-electron chi connectivity index (χ2n) is 5.39. The molecule has 2 atom stereocenters. The number of phenols is 1. The molecule has 1 aliphatic rings. The third-order valence-electron chi connectivity index (χ3n) is 3.81. The van der Waals surface area contributed by atoms with Gasteiger partial charge in [0.1, 0.15) is 16.7 Å². The van der Waals surface area contributed by atoms with Crippen molar-refractivity contribution in [2.75, 3.05) is 0 Å². The molecule has 3 rings (SSSR count). The third-order valence-corrected chi connectivity index (χ3v) is 4.89. The minimum atomic E-state index is -4.40. The van der Waals surface area contributed by atoms with Crippen LogP contribution in [-0.2, 0) is 21.3 Å². The molecule has 1 heterocycles. The zero-order valence-electron chi connectivity index (χ0n) is 11.9. The van der Waals surface area contributed by atoms with Crippen LogP contribution in [0.1, 0.15) is 22.8 Å². The van der Waals surface area contributed by atoms with Gasteiger partial charge in [-0.25, -0.2) is 0 Å². The average Bonchev–Trinajstić information content (AvgIpc) is 3.22. The van der Waals surface area contributed by atoms with Gasteiger partial charge in [0.25, 0.3) is 10.1 Å². The Balaban J connectivity index is 1.90. The lowest BCUT2D eigenvalue weighted by atomic mass is 10.0. The number of aromatic hydroxyl groups is 1. The summed E-state index contributed by atoms with van der Waals surface area (Å²) in [6, 6.07) is 12.5. The minimum Gasteiger partial charge on any atom is -0.508 e.